The van der Waals surface area contributed by atoms with E-state index in [2.05, 4.69) is 131 Å². The average molecular weight is 889 g/mol. The minimum Gasteiger partial charge on any atom is -0.496 e. The third-order valence-electron chi connectivity index (χ3n) is 12.2. The smallest absolute Gasteiger partial charge is 0.261 e. The van der Waals surface area contributed by atoms with Crippen molar-refractivity contribution >= 4 is 29.5 Å². The predicted octanol–water partition coefficient (Wildman–Crippen LogP) is 11.0. The first kappa shape index (κ1) is 45.8. The van der Waals surface area contributed by atoms with Crippen LogP contribution in [0.1, 0.15) is 56.1 Å². The summed E-state index contributed by atoms with van der Waals surface area (Å²) >= 11 is 0. The van der Waals surface area contributed by atoms with Gasteiger partial charge in [-0.25, -0.2) is 0 Å². The molecule has 0 radical (unpaired) electrons. The van der Waals surface area contributed by atoms with Crippen LogP contribution in [-0.2, 0) is 43.2 Å². The Kier molecular flexibility index (Phi) is 14.8. The molecular weight excluding hydrogens is 829 g/mol. The summed E-state index contributed by atoms with van der Waals surface area (Å²) in [7, 11) is 0.0432. The molecule has 1 aliphatic rings. The van der Waals surface area contributed by atoms with Crippen molar-refractivity contribution in [1.82, 2.24) is 0 Å². The van der Waals surface area contributed by atoms with Crippen LogP contribution >= 0.6 is 0 Å². The molecular formula is C56H60O8Si. The third kappa shape index (κ3) is 10.1. The van der Waals surface area contributed by atoms with Crippen molar-refractivity contribution in [3.05, 3.63) is 198 Å². The van der Waals surface area contributed by atoms with Crippen molar-refractivity contribution in [3.63, 3.8) is 0 Å². The van der Waals surface area contributed by atoms with E-state index in [-0.39, 0.29) is 11.8 Å². The zero-order chi connectivity index (χ0) is 45.2. The van der Waals surface area contributed by atoms with Gasteiger partial charge in [0.1, 0.15) is 48.3 Å². The van der Waals surface area contributed by atoms with Gasteiger partial charge in [-0.3, -0.25) is 0 Å². The van der Waals surface area contributed by atoms with Gasteiger partial charge in [0.25, 0.3) is 8.32 Å². The van der Waals surface area contributed by atoms with Crippen LogP contribution in [0.3, 0.4) is 0 Å². The van der Waals surface area contributed by atoms with Crippen LogP contribution in [0.15, 0.2) is 176 Å². The molecule has 1 heterocycles. The van der Waals surface area contributed by atoms with Crippen LogP contribution in [-0.4, -0.2) is 53.7 Å². The molecule has 1 fully saturated rings. The Labute approximate surface area is 385 Å². The fourth-order valence-corrected chi connectivity index (χ4v) is 13.9. The van der Waals surface area contributed by atoms with Gasteiger partial charge in [0, 0.05) is 12.5 Å². The Morgan fingerprint density at radius 2 is 0.954 bits per heavy atom. The summed E-state index contributed by atoms with van der Waals surface area (Å²) in [6, 6.07) is 60.0. The summed E-state index contributed by atoms with van der Waals surface area (Å²) in [6.07, 6.45) is -3.03. The average Bonchev–Trinajstić information content (AvgIpc) is 3.34. The lowest BCUT2D eigenvalue weighted by Crippen LogP contribution is -2.71. The molecule has 1 saturated heterocycles. The Hall–Kier alpha value is -5.78. The van der Waals surface area contributed by atoms with E-state index in [1.54, 1.807) is 14.2 Å². The van der Waals surface area contributed by atoms with E-state index in [0.29, 0.717) is 37.1 Å². The third-order valence-corrected chi connectivity index (χ3v) is 17.3. The number of rotatable bonds is 18. The van der Waals surface area contributed by atoms with Gasteiger partial charge in [0.15, 0.2) is 6.79 Å². The van der Waals surface area contributed by atoms with Crippen LogP contribution in [0.25, 0.3) is 10.8 Å². The molecule has 0 amide bonds. The lowest BCUT2D eigenvalue weighted by Gasteiger charge is -2.52. The predicted molar refractivity (Wildman–Crippen MR) is 260 cm³/mol. The number of benzene rings is 7. The van der Waals surface area contributed by atoms with Crippen molar-refractivity contribution in [2.24, 2.45) is 0 Å². The second-order valence-corrected chi connectivity index (χ2v) is 21.8. The number of fused-ring (bicyclic) bond motifs is 1. The quantitative estimate of drug-likeness (QED) is 0.0623. The number of ether oxygens (including phenoxy) is 7. The van der Waals surface area contributed by atoms with Gasteiger partial charge in [0.2, 0.25) is 0 Å². The summed E-state index contributed by atoms with van der Waals surface area (Å²) in [5, 5.41) is 3.48. The summed E-state index contributed by atoms with van der Waals surface area (Å²) in [5.74, 6) is 1.86. The second kappa shape index (κ2) is 21.0. The summed E-state index contributed by atoms with van der Waals surface area (Å²) in [4.78, 5) is 0. The Morgan fingerprint density at radius 3 is 1.46 bits per heavy atom. The van der Waals surface area contributed by atoms with Crippen LogP contribution in [0, 0.1) is 0 Å². The largest absolute Gasteiger partial charge is 0.496 e. The molecule has 0 spiro atoms. The van der Waals surface area contributed by atoms with Crippen LogP contribution < -0.4 is 24.6 Å². The van der Waals surface area contributed by atoms with E-state index < -0.39 is 38.8 Å². The molecule has 9 heteroatoms. The van der Waals surface area contributed by atoms with Gasteiger partial charge in [-0.15, -0.1) is 0 Å². The number of methoxy groups -OCH3 is 2. The Bertz CT molecular complexity index is 2510. The van der Waals surface area contributed by atoms with E-state index in [1.807, 2.05) is 72.8 Å². The molecule has 1 aliphatic heterocycles. The maximum absolute atomic E-state index is 8.21. The van der Waals surface area contributed by atoms with E-state index in [9.17, 15) is 0 Å². The summed E-state index contributed by atoms with van der Waals surface area (Å²) < 4.78 is 54.6. The minimum atomic E-state index is -3.24. The molecule has 65 heavy (non-hydrogen) atoms. The zero-order valence-corrected chi connectivity index (χ0v) is 39.2. The Morgan fingerprint density at radius 1 is 0.492 bits per heavy atom. The lowest BCUT2D eigenvalue weighted by molar-refractivity contribution is -0.245. The highest BCUT2D eigenvalue weighted by Crippen LogP contribution is 2.49. The highest BCUT2D eigenvalue weighted by atomic mass is 28.4. The molecule has 336 valence electrons. The highest BCUT2D eigenvalue weighted by Gasteiger charge is 2.57. The van der Waals surface area contributed by atoms with Crippen LogP contribution in [0.5, 0.6) is 17.2 Å². The summed E-state index contributed by atoms with van der Waals surface area (Å²) in [5.41, 5.74) is 3.95. The molecule has 0 bridgehead atoms. The van der Waals surface area contributed by atoms with Gasteiger partial charge < -0.3 is 37.6 Å². The fraction of sp³-hybridized carbons (Fsp3) is 0.286. The summed E-state index contributed by atoms with van der Waals surface area (Å²) in [6.45, 7) is 10.0. The van der Waals surface area contributed by atoms with E-state index in [4.69, 9.17) is 37.6 Å². The monoisotopic (exact) mass is 888 g/mol. The SMILES string of the molecule is COCOc1ccc(OC)c2c(OCc3ccccc3)ccc([C@H]3O[C@@H](C)[C@@H](OCc4ccccc4)[C@H](O[Si](c4ccccc4)(c4ccccc4)C(C)(C)C)[C@@H]3OCc3ccccc3)c12. The first-order valence-corrected chi connectivity index (χ1v) is 24.3. The Balaban J connectivity index is 1.35. The molecule has 0 unspecified atom stereocenters. The van der Waals surface area contributed by atoms with Crippen LogP contribution in [0.4, 0.5) is 0 Å². The van der Waals surface area contributed by atoms with E-state index in [0.717, 1.165) is 43.4 Å². The van der Waals surface area contributed by atoms with Gasteiger partial charge in [-0.1, -0.05) is 178 Å². The lowest BCUT2D eigenvalue weighted by atomic mass is 9.88. The molecule has 8 rings (SSSR count). The van der Waals surface area contributed by atoms with Crippen molar-refractivity contribution in [2.75, 3.05) is 21.0 Å². The highest BCUT2D eigenvalue weighted by molar-refractivity contribution is 6.99. The molecule has 0 saturated carbocycles. The maximum Gasteiger partial charge on any atom is 0.261 e. The standard InChI is InChI=1S/C56H60O8Si/c1-40-52(60-37-42-24-14-8-15-25-42)55(64-65(56(2,3)4,44-28-18-10-19-29-44)45-30-20-11-21-31-45)54(61-38-43-26-16-9-17-27-43)53(63-40)46-32-33-49(59-36-41-22-12-7-13-23-41)51-47(58-6)34-35-48(50(46)51)62-39-57-5/h7-35,40,52-55H,36-39H2,1-6H3/t40-,52+,53+,54+,55-/m0/s1. The zero-order valence-electron chi connectivity index (χ0n) is 38.2. The van der Waals surface area contributed by atoms with Gasteiger partial charge >= 0.3 is 0 Å². The normalized spacial score (nSPS) is 18.9. The van der Waals surface area contributed by atoms with Crippen LogP contribution in [0.2, 0.25) is 5.04 Å². The first-order chi connectivity index (χ1) is 31.7. The fourth-order valence-electron chi connectivity index (χ4n) is 9.17. The number of hydrogen-bond donors (Lipinski definition) is 0. The van der Waals surface area contributed by atoms with Crippen molar-refractivity contribution < 1.29 is 37.6 Å². The van der Waals surface area contributed by atoms with E-state index in [1.165, 1.54) is 0 Å². The van der Waals surface area contributed by atoms with Gasteiger partial charge in [0.05, 0.1) is 31.8 Å². The van der Waals surface area contributed by atoms with Crippen molar-refractivity contribution in [3.8, 4) is 17.2 Å². The van der Waals surface area contributed by atoms with Gasteiger partial charge in [-0.2, -0.15) is 0 Å². The molecule has 7 aromatic rings. The van der Waals surface area contributed by atoms with E-state index >= 15 is 0 Å². The number of hydrogen-bond acceptors (Lipinski definition) is 8. The second-order valence-electron chi connectivity index (χ2n) is 17.5. The molecule has 8 nitrogen and oxygen atoms in total. The maximum atomic E-state index is 8.21. The molecule has 7 aromatic carbocycles. The van der Waals surface area contributed by atoms with Crippen molar-refractivity contribution in [2.45, 2.75) is 83.1 Å². The van der Waals surface area contributed by atoms with Gasteiger partial charge in [-0.05, 0) is 62.8 Å². The molecule has 5 atom stereocenters. The molecule has 0 N–H and O–H groups in total. The molecule has 0 aliphatic carbocycles. The topological polar surface area (TPSA) is 73.8 Å². The molecule has 0 aromatic heterocycles. The minimum absolute atomic E-state index is 0.0286. The van der Waals surface area contributed by atoms with Crippen molar-refractivity contribution in [1.29, 1.82) is 0 Å². The first-order valence-electron chi connectivity index (χ1n) is 22.4.